The average molecular weight is 361 g/mol. The number of hydrogen-bond donors (Lipinski definition) is 2. The summed E-state index contributed by atoms with van der Waals surface area (Å²) in [5.41, 5.74) is 8.26. The Morgan fingerprint density at radius 1 is 1.07 bits per heavy atom. The zero-order valence-electron chi connectivity index (χ0n) is 15.7. The first-order chi connectivity index (χ1) is 13.0. The number of rotatable bonds is 5. The number of aryl methyl sites for hydroxylation is 2. The van der Waals surface area contributed by atoms with Crippen LogP contribution in [0, 0.1) is 20.8 Å². The van der Waals surface area contributed by atoms with Crippen LogP contribution in [0.25, 0.3) is 5.69 Å². The molecule has 0 saturated heterocycles. The van der Waals surface area contributed by atoms with Crippen LogP contribution >= 0.6 is 0 Å². The van der Waals surface area contributed by atoms with Crippen LogP contribution in [-0.2, 0) is 4.79 Å². The molecule has 138 valence electrons. The van der Waals surface area contributed by atoms with E-state index in [1.54, 1.807) is 30.5 Å². The smallest absolute Gasteiger partial charge is 0.273 e. The molecule has 1 heterocycles. The second kappa shape index (κ2) is 8.01. The number of para-hydroxylation sites is 1. The molecule has 0 aliphatic rings. The van der Waals surface area contributed by atoms with Crippen LogP contribution in [0.3, 0.4) is 0 Å². The third kappa shape index (κ3) is 3.99. The molecule has 0 fully saturated rings. The lowest BCUT2D eigenvalue weighted by atomic mass is 10.1. The summed E-state index contributed by atoms with van der Waals surface area (Å²) in [6.07, 6.45) is 0.356. The van der Waals surface area contributed by atoms with E-state index in [-0.39, 0.29) is 0 Å². The maximum absolute atomic E-state index is 12.1. The monoisotopic (exact) mass is 361 g/mol. The molecule has 0 bridgehead atoms. The number of aliphatic hydroxyl groups is 1. The van der Waals surface area contributed by atoms with Crippen molar-refractivity contribution in [1.82, 2.24) is 9.99 Å². The SMILES string of the molecule is Cc1ccccc1-n1c(C)cc(/C=N\NC(=O)[C@H](O)c2ccccc2)c1C. The molecule has 27 heavy (non-hydrogen) atoms. The van der Waals surface area contributed by atoms with Crippen molar-refractivity contribution < 1.29 is 9.90 Å². The van der Waals surface area contributed by atoms with Crippen molar-refractivity contribution in [2.24, 2.45) is 5.10 Å². The largest absolute Gasteiger partial charge is 0.378 e. The molecule has 0 spiro atoms. The van der Waals surface area contributed by atoms with Gasteiger partial charge in [-0.2, -0.15) is 5.10 Å². The Morgan fingerprint density at radius 3 is 2.44 bits per heavy atom. The van der Waals surface area contributed by atoms with Crippen molar-refractivity contribution in [2.75, 3.05) is 0 Å². The Bertz CT molecular complexity index is 974. The maximum atomic E-state index is 12.1. The van der Waals surface area contributed by atoms with Gasteiger partial charge in [0.05, 0.1) is 6.21 Å². The highest BCUT2D eigenvalue weighted by molar-refractivity contribution is 5.86. The zero-order chi connectivity index (χ0) is 19.4. The number of carbonyl (C=O) groups excluding carboxylic acids is 1. The fourth-order valence-electron chi connectivity index (χ4n) is 3.12. The topological polar surface area (TPSA) is 66.6 Å². The molecule has 3 aromatic rings. The van der Waals surface area contributed by atoms with Crippen molar-refractivity contribution in [3.63, 3.8) is 0 Å². The van der Waals surface area contributed by atoms with E-state index in [0.717, 1.165) is 22.6 Å². The van der Waals surface area contributed by atoms with Crippen molar-refractivity contribution in [1.29, 1.82) is 0 Å². The van der Waals surface area contributed by atoms with E-state index in [0.29, 0.717) is 5.56 Å². The predicted molar refractivity (Wildman–Crippen MR) is 107 cm³/mol. The molecule has 0 aliphatic carbocycles. The summed E-state index contributed by atoms with van der Waals surface area (Å²) in [6.45, 7) is 6.13. The molecule has 0 aliphatic heterocycles. The standard InChI is InChI=1S/C22H23N3O2/c1-15-9-7-8-12-20(15)25-16(2)13-19(17(25)3)14-23-24-22(27)21(26)18-10-5-4-6-11-18/h4-14,21,26H,1-3H3,(H,24,27)/b23-14-/t21-/m1/s1. The van der Waals surface area contributed by atoms with Gasteiger partial charge in [-0.25, -0.2) is 5.43 Å². The quantitative estimate of drug-likeness (QED) is 0.539. The minimum Gasteiger partial charge on any atom is -0.378 e. The Labute approximate surface area is 159 Å². The normalized spacial score (nSPS) is 12.3. The van der Waals surface area contributed by atoms with Gasteiger partial charge in [-0.1, -0.05) is 48.5 Å². The molecule has 0 saturated carbocycles. The van der Waals surface area contributed by atoms with Crippen molar-refractivity contribution in [2.45, 2.75) is 26.9 Å². The summed E-state index contributed by atoms with van der Waals surface area (Å²) < 4.78 is 2.16. The van der Waals surface area contributed by atoms with Crippen LogP contribution in [0.1, 0.15) is 34.2 Å². The lowest BCUT2D eigenvalue weighted by Gasteiger charge is -2.12. The molecule has 3 rings (SSSR count). The summed E-state index contributed by atoms with van der Waals surface area (Å²) in [5, 5.41) is 14.1. The first-order valence-corrected chi connectivity index (χ1v) is 8.80. The molecular formula is C22H23N3O2. The molecule has 0 unspecified atom stereocenters. The van der Waals surface area contributed by atoms with E-state index in [2.05, 4.69) is 34.2 Å². The van der Waals surface area contributed by atoms with Gasteiger partial charge in [-0.05, 0) is 44.0 Å². The highest BCUT2D eigenvalue weighted by atomic mass is 16.3. The van der Waals surface area contributed by atoms with Crippen LogP contribution in [0.2, 0.25) is 0 Å². The predicted octanol–water partition coefficient (Wildman–Crippen LogP) is 3.59. The van der Waals surface area contributed by atoms with Gasteiger partial charge in [0, 0.05) is 22.6 Å². The van der Waals surface area contributed by atoms with Gasteiger partial charge in [-0.3, -0.25) is 4.79 Å². The van der Waals surface area contributed by atoms with Crippen molar-refractivity contribution >= 4 is 12.1 Å². The number of nitrogens with one attached hydrogen (secondary N) is 1. The molecule has 1 atom stereocenters. The minimum absolute atomic E-state index is 0.530. The van der Waals surface area contributed by atoms with Gasteiger partial charge in [-0.15, -0.1) is 0 Å². The van der Waals surface area contributed by atoms with Crippen molar-refractivity contribution in [3.05, 3.63) is 88.7 Å². The number of hydrogen-bond acceptors (Lipinski definition) is 3. The Morgan fingerprint density at radius 2 is 1.74 bits per heavy atom. The van der Waals surface area contributed by atoms with E-state index in [1.165, 1.54) is 5.56 Å². The molecule has 1 amide bonds. The number of carbonyl (C=O) groups is 1. The number of aromatic nitrogens is 1. The van der Waals surface area contributed by atoms with E-state index < -0.39 is 12.0 Å². The highest BCUT2D eigenvalue weighted by Crippen LogP contribution is 2.22. The Hall–Kier alpha value is -3.18. The number of nitrogens with zero attached hydrogens (tertiary/aromatic N) is 2. The first-order valence-electron chi connectivity index (χ1n) is 8.80. The van der Waals surface area contributed by atoms with Crippen molar-refractivity contribution in [3.8, 4) is 5.69 Å². The molecule has 2 N–H and O–H groups in total. The summed E-state index contributed by atoms with van der Waals surface area (Å²) >= 11 is 0. The lowest BCUT2D eigenvalue weighted by Crippen LogP contribution is -2.25. The van der Waals surface area contributed by atoms with E-state index in [4.69, 9.17) is 0 Å². The third-order valence-corrected chi connectivity index (χ3v) is 4.57. The fraction of sp³-hybridized carbons (Fsp3) is 0.182. The van der Waals surface area contributed by atoms with Crippen LogP contribution in [0.15, 0.2) is 65.8 Å². The zero-order valence-corrected chi connectivity index (χ0v) is 15.7. The number of aliphatic hydroxyl groups excluding tert-OH is 1. The molecule has 2 aromatic carbocycles. The first kappa shape index (κ1) is 18.6. The van der Waals surface area contributed by atoms with Crippen LogP contribution in [0.5, 0.6) is 0 Å². The van der Waals surface area contributed by atoms with Gasteiger partial charge in [0.15, 0.2) is 6.10 Å². The van der Waals surface area contributed by atoms with E-state index in [9.17, 15) is 9.90 Å². The van der Waals surface area contributed by atoms with Gasteiger partial charge in [0.25, 0.3) is 5.91 Å². The van der Waals surface area contributed by atoms with Gasteiger partial charge < -0.3 is 9.67 Å². The molecule has 1 aromatic heterocycles. The summed E-state index contributed by atoms with van der Waals surface area (Å²) in [7, 11) is 0. The van der Waals surface area contributed by atoms with Crippen LogP contribution in [0.4, 0.5) is 0 Å². The Kier molecular flexibility index (Phi) is 5.52. The maximum Gasteiger partial charge on any atom is 0.273 e. The van der Waals surface area contributed by atoms with Gasteiger partial charge in [0.2, 0.25) is 0 Å². The molecule has 5 nitrogen and oxygen atoms in total. The number of benzene rings is 2. The van der Waals surface area contributed by atoms with Gasteiger partial charge >= 0.3 is 0 Å². The number of hydrazone groups is 1. The van der Waals surface area contributed by atoms with Gasteiger partial charge in [0.1, 0.15) is 0 Å². The minimum atomic E-state index is -1.25. The second-order valence-electron chi connectivity index (χ2n) is 6.50. The molecule has 0 radical (unpaired) electrons. The summed E-state index contributed by atoms with van der Waals surface area (Å²) in [6, 6.07) is 19.0. The molecular weight excluding hydrogens is 338 g/mol. The third-order valence-electron chi connectivity index (χ3n) is 4.57. The second-order valence-corrected chi connectivity index (χ2v) is 6.50. The van der Waals surface area contributed by atoms with Crippen LogP contribution in [-0.4, -0.2) is 21.8 Å². The molecule has 5 heteroatoms. The Balaban J connectivity index is 1.76. The van der Waals surface area contributed by atoms with E-state index in [1.807, 2.05) is 38.1 Å². The van der Waals surface area contributed by atoms with E-state index >= 15 is 0 Å². The number of amides is 1. The lowest BCUT2D eigenvalue weighted by molar-refractivity contribution is -0.129. The summed E-state index contributed by atoms with van der Waals surface area (Å²) in [4.78, 5) is 12.1. The van der Waals surface area contributed by atoms with Crippen LogP contribution < -0.4 is 5.43 Å². The fourth-order valence-corrected chi connectivity index (χ4v) is 3.12. The summed E-state index contributed by atoms with van der Waals surface area (Å²) in [5.74, 6) is -0.565. The highest BCUT2D eigenvalue weighted by Gasteiger charge is 2.16. The average Bonchev–Trinajstić information content (AvgIpc) is 2.96.